The van der Waals surface area contributed by atoms with Gasteiger partial charge in [0.15, 0.2) is 5.17 Å². The van der Waals surface area contributed by atoms with Crippen LogP contribution in [0.2, 0.25) is 0 Å². The molecule has 3 nitrogen and oxygen atoms in total. The van der Waals surface area contributed by atoms with Crippen LogP contribution in [0.1, 0.15) is 25.0 Å². The van der Waals surface area contributed by atoms with Crippen molar-refractivity contribution in [2.24, 2.45) is 5.73 Å². The van der Waals surface area contributed by atoms with Crippen molar-refractivity contribution in [2.45, 2.75) is 20.3 Å². The van der Waals surface area contributed by atoms with Crippen LogP contribution in [-0.4, -0.2) is 16.7 Å². The lowest BCUT2D eigenvalue weighted by Crippen LogP contribution is -2.03. The minimum Gasteiger partial charge on any atom is -0.379 e. The van der Waals surface area contributed by atoms with Crippen molar-refractivity contribution >= 4 is 44.2 Å². The van der Waals surface area contributed by atoms with Crippen molar-refractivity contribution in [3.8, 4) is 0 Å². The largest absolute Gasteiger partial charge is 0.379 e. The summed E-state index contributed by atoms with van der Waals surface area (Å²) in [6.07, 6.45) is 2.48. The van der Waals surface area contributed by atoms with Gasteiger partial charge in [0, 0.05) is 16.6 Å². The first-order valence-electron chi connectivity index (χ1n) is 5.81. The van der Waals surface area contributed by atoms with Crippen molar-refractivity contribution in [3.63, 3.8) is 0 Å². The second kappa shape index (κ2) is 7.50. The molecule has 0 heterocycles. The Kier molecular flexibility index (Phi) is 6.31. The highest BCUT2D eigenvalue weighted by atomic mass is 79.9. The number of hydrogen-bond donors (Lipinski definition) is 2. The summed E-state index contributed by atoms with van der Waals surface area (Å²) >= 11 is 4.76. The average Bonchev–Trinajstić information content (AvgIpc) is 2.26. The van der Waals surface area contributed by atoms with Crippen LogP contribution in [0, 0.1) is 5.41 Å². The summed E-state index contributed by atoms with van der Waals surface area (Å²) in [6, 6.07) is 6.01. The number of Topliss-reactive ketones (excluding diaryl/α,β-unsaturated/α-hetero) is 1. The number of halogens is 1. The lowest BCUT2D eigenvalue weighted by Gasteiger charge is -2.07. The van der Waals surface area contributed by atoms with Crippen LogP contribution in [0.15, 0.2) is 28.7 Å². The Balaban J connectivity index is 2.89. The van der Waals surface area contributed by atoms with E-state index >= 15 is 0 Å². The van der Waals surface area contributed by atoms with Crippen LogP contribution < -0.4 is 5.73 Å². The van der Waals surface area contributed by atoms with Crippen LogP contribution in [0.4, 0.5) is 0 Å². The van der Waals surface area contributed by atoms with Gasteiger partial charge in [-0.15, -0.1) is 0 Å². The molecule has 0 amide bonds. The Bertz CT molecular complexity index is 526. The third kappa shape index (κ3) is 6.07. The van der Waals surface area contributed by atoms with E-state index in [1.807, 2.05) is 31.2 Å². The van der Waals surface area contributed by atoms with Crippen molar-refractivity contribution in [1.82, 2.24) is 0 Å². The molecule has 19 heavy (non-hydrogen) atoms. The number of nitrogens with one attached hydrogen (secondary N) is 1. The molecule has 3 N–H and O–H groups in total. The van der Waals surface area contributed by atoms with Crippen LogP contribution in [0.25, 0.3) is 5.57 Å². The summed E-state index contributed by atoms with van der Waals surface area (Å²) < 4.78 is 0.966. The highest BCUT2D eigenvalue weighted by Crippen LogP contribution is 2.22. The highest BCUT2D eigenvalue weighted by Gasteiger charge is 2.04. The van der Waals surface area contributed by atoms with Gasteiger partial charge in [-0.25, -0.2) is 0 Å². The Morgan fingerprint density at radius 1 is 1.42 bits per heavy atom. The maximum Gasteiger partial charge on any atom is 0.151 e. The van der Waals surface area contributed by atoms with E-state index in [2.05, 4.69) is 15.9 Å². The SMILES string of the molecule is CC(=O)Cc1cc(Br)cc(/C(C)=C/CSC(=N)N)c1. The van der Waals surface area contributed by atoms with E-state index in [9.17, 15) is 4.79 Å². The zero-order valence-corrected chi connectivity index (χ0v) is 13.4. The highest BCUT2D eigenvalue weighted by molar-refractivity contribution is 9.10. The van der Waals surface area contributed by atoms with Gasteiger partial charge >= 0.3 is 0 Å². The van der Waals surface area contributed by atoms with E-state index in [4.69, 9.17) is 11.1 Å². The Hall–Kier alpha value is -1.07. The van der Waals surface area contributed by atoms with Crippen molar-refractivity contribution in [3.05, 3.63) is 39.9 Å². The molecule has 0 saturated heterocycles. The minimum atomic E-state index is 0.121. The first kappa shape index (κ1) is 16.0. The quantitative estimate of drug-likeness (QED) is 0.635. The van der Waals surface area contributed by atoms with Crippen LogP contribution in [0.5, 0.6) is 0 Å². The number of rotatable bonds is 5. The zero-order valence-electron chi connectivity index (χ0n) is 11.0. The van der Waals surface area contributed by atoms with E-state index in [0.717, 1.165) is 21.2 Å². The van der Waals surface area contributed by atoms with Crippen molar-refractivity contribution in [2.75, 3.05) is 5.75 Å². The number of hydrogen-bond acceptors (Lipinski definition) is 3. The van der Waals surface area contributed by atoms with Crippen LogP contribution in [-0.2, 0) is 11.2 Å². The zero-order chi connectivity index (χ0) is 14.4. The standard InChI is InChI=1S/C14H17BrN2OS/c1-9(3-4-19-14(16)17)12-6-11(5-10(2)18)7-13(15)8-12/h3,6-8H,4-5H2,1-2H3,(H3,16,17)/b9-3+. The van der Waals surface area contributed by atoms with Gasteiger partial charge in [-0.2, -0.15) is 0 Å². The Labute approximate surface area is 126 Å². The van der Waals surface area contributed by atoms with E-state index in [1.54, 1.807) is 6.92 Å². The summed E-state index contributed by atoms with van der Waals surface area (Å²) in [5.74, 6) is 0.827. The van der Waals surface area contributed by atoms with E-state index in [-0.39, 0.29) is 11.0 Å². The van der Waals surface area contributed by atoms with Crippen molar-refractivity contribution < 1.29 is 4.79 Å². The van der Waals surface area contributed by atoms with Gasteiger partial charge in [0.05, 0.1) is 0 Å². The number of carbonyl (C=O) groups excluding carboxylic acids is 1. The van der Waals surface area contributed by atoms with Crippen LogP contribution >= 0.6 is 27.7 Å². The number of amidine groups is 1. The second-order valence-corrected chi connectivity index (χ2v) is 6.27. The molecule has 0 bridgehead atoms. The average molecular weight is 341 g/mol. The number of nitrogens with two attached hydrogens (primary N) is 1. The predicted octanol–water partition coefficient (Wildman–Crippen LogP) is 3.61. The molecule has 0 radical (unpaired) electrons. The van der Waals surface area contributed by atoms with Gasteiger partial charge in [-0.3, -0.25) is 10.2 Å². The van der Waals surface area contributed by atoms with Gasteiger partial charge < -0.3 is 5.73 Å². The number of benzene rings is 1. The van der Waals surface area contributed by atoms with E-state index in [0.29, 0.717) is 12.2 Å². The lowest BCUT2D eigenvalue weighted by atomic mass is 10.0. The lowest BCUT2D eigenvalue weighted by molar-refractivity contribution is -0.116. The fourth-order valence-electron chi connectivity index (χ4n) is 1.64. The molecule has 0 atom stereocenters. The van der Waals surface area contributed by atoms with Gasteiger partial charge in [0.2, 0.25) is 0 Å². The molecule has 0 aliphatic carbocycles. The molecule has 0 aliphatic heterocycles. The summed E-state index contributed by atoms with van der Waals surface area (Å²) in [4.78, 5) is 11.2. The molecule has 102 valence electrons. The Morgan fingerprint density at radius 3 is 2.68 bits per heavy atom. The third-order valence-electron chi connectivity index (χ3n) is 2.49. The maximum atomic E-state index is 11.2. The molecule has 0 saturated carbocycles. The summed E-state index contributed by atoms with van der Waals surface area (Å²) in [5, 5.41) is 7.28. The van der Waals surface area contributed by atoms with Crippen LogP contribution in [0.3, 0.4) is 0 Å². The molecule has 1 aromatic rings. The maximum absolute atomic E-state index is 11.2. The normalized spacial score (nSPS) is 11.4. The summed E-state index contributed by atoms with van der Waals surface area (Å²) in [7, 11) is 0. The van der Waals surface area contributed by atoms with E-state index in [1.165, 1.54) is 11.8 Å². The summed E-state index contributed by atoms with van der Waals surface area (Å²) in [5.41, 5.74) is 8.49. The minimum absolute atomic E-state index is 0.121. The molecule has 1 aromatic carbocycles. The van der Waals surface area contributed by atoms with Gasteiger partial charge in [0.1, 0.15) is 5.78 Å². The van der Waals surface area contributed by atoms with E-state index < -0.39 is 0 Å². The third-order valence-corrected chi connectivity index (χ3v) is 3.60. The topological polar surface area (TPSA) is 66.9 Å². The molecule has 0 spiro atoms. The van der Waals surface area contributed by atoms with Gasteiger partial charge in [-0.05, 0) is 42.7 Å². The molecular weight excluding hydrogens is 324 g/mol. The van der Waals surface area contributed by atoms with Gasteiger partial charge in [-0.1, -0.05) is 39.8 Å². The molecule has 0 unspecified atom stereocenters. The molecule has 0 aromatic heterocycles. The smallest absolute Gasteiger partial charge is 0.151 e. The monoisotopic (exact) mass is 340 g/mol. The molecule has 5 heteroatoms. The first-order valence-corrected chi connectivity index (χ1v) is 7.59. The number of carbonyl (C=O) groups is 1. The number of ketones is 1. The second-order valence-electron chi connectivity index (χ2n) is 4.29. The molecule has 0 fully saturated rings. The fraction of sp³-hybridized carbons (Fsp3) is 0.286. The first-order chi connectivity index (χ1) is 8.88. The van der Waals surface area contributed by atoms with Gasteiger partial charge in [0.25, 0.3) is 0 Å². The van der Waals surface area contributed by atoms with Crippen molar-refractivity contribution in [1.29, 1.82) is 5.41 Å². The molecular formula is C14H17BrN2OS. The Morgan fingerprint density at radius 2 is 2.11 bits per heavy atom. The summed E-state index contributed by atoms with van der Waals surface area (Å²) in [6.45, 7) is 3.60. The number of thioether (sulfide) groups is 1. The fourth-order valence-corrected chi connectivity index (χ4v) is 2.70. The predicted molar refractivity (Wildman–Crippen MR) is 86.6 cm³/mol. The molecule has 1 rings (SSSR count). The molecule has 0 aliphatic rings. The number of allylic oxidation sites excluding steroid dienone is 1.